The zero-order chi connectivity index (χ0) is 24.3. The number of aromatic nitrogens is 2. The van der Waals surface area contributed by atoms with Gasteiger partial charge in [-0.2, -0.15) is 18.2 Å². The van der Waals surface area contributed by atoms with Gasteiger partial charge in [0.1, 0.15) is 5.82 Å². The summed E-state index contributed by atoms with van der Waals surface area (Å²) in [5.41, 5.74) is 1.71. The lowest BCUT2D eigenvalue weighted by Crippen LogP contribution is -2.42. The van der Waals surface area contributed by atoms with Gasteiger partial charge in [-0.05, 0) is 69.6 Å². The standard InChI is InChI=1S/C24H31F3N6O/c1-33(2)21-19-8-3-4-9-20(19)31-22(32-21)28-16-10-12-17(13-11-16)29-23(34)30-18-7-5-6-15(14-18)24(25,26)27/h5-7,14,16-17H,3-4,8-13H2,1-2H3,(H,28,31,32)(H2,29,30,34)/t16-,17+. The maximum absolute atomic E-state index is 12.9. The molecule has 1 heterocycles. The minimum atomic E-state index is -4.45. The summed E-state index contributed by atoms with van der Waals surface area (Å²) < 4.78 is 38.6. The van der Waals surface area contributed by atoms with Gasteiger partial charge < -0.3 is 20.9 Å². The number of amides is 2. The summed E-state index contributed by atoms with van der Waals surface area (Å²) in [5, 5.41) is 8.86. The van der Waals surface area contributed by atoms with E-state index in [2.05, 4.69) is 16.0 Å². The van der Waals surface area contributed by atoms with E-state index in [0.717, 1.165) is 68.6 Å². The molecule has 3 N–H and O–H groups in total. The molecule has 7 nitrogen and oxygen atoms in total. The molecule has 0 atom stereocenters. The molecule has 2 amide bonds. The summed E-state index contributed by atoms with van der Waals surface area (Å²) in [7, 11) is 4.00. The van der Waals surface area contributed by atoms with Crippen LogP contribution in [0.2, 0.25) is 0 Å². The van der Waals surface area contributed by atoms with Crippen molar-refractivity contribution in [2.24, 2.45) is 0 Å². The molecule has 1 fully saturated rings. The quantitative estimate of drug-likeness (QED) is 0.567. The van der Waals surface area contributed by atoms with Crippen LogP contribution in [-0.4, -0.2) is 42.2 Å². The lowest BCUT2D eigenvalue weighted by Gasteiger charge is -2.30. The second kappa shape index (κ2) is 10.1. The highest BCUT2D eigenvalue weighted by atomic mass is 19.4. The van der Waals surface area contributed by atoms with Gasteiger partial charge in [0, 0.05) is 37.4 Å². The smallest absolute Gasteiger partial charge is 0.362 e. The first-order valence-corrected chi connectivity index (χ1v) is 11.8. The van der Waals surface area contributed by atoms with Crippen LogP contribution in [0.3, 0.4) is 0 Å². The lowest BCUT2D eigenvalue weighted by atomic mass is 9.91. The Labute approximate surface area is 197 Å². The van der Waals surface area contributed by atoms with Crippen molar-refractivity contribution in [2.45, 2.75) is 69.6 Å². The predicted octanol–water partition coefficient (Wildman–Crippen LogP) is 4.99. The Morgan fingerprint density at radius 3 is 2.44 bits per heavy atom. The first-order chi connectivity index (χ1) is 16.2. The third kappa shape index (κ3) is 5.90. The number of anilines is 3. The topological polar surface area (TPSA) is 82.2 Å². The number of hydrogen-bond acceptors (Lipinski definition) is 5. The summed E-state index contributed by atoms with van der Waals surface area (Å²) >= 11 is 0. The number of alkyl halides is 3. The molecule has 0 bridgehead atoms. The van der Waals surface area contributed by atoms with Crippen LogP contribution in [0.5, 0.6) is 0 Å². The van der Waals surface area contributed by atoms with E-state index in [1.54, 1.807) is 0 Å². The van der Waals surface area contributed by atoms with Crippen LogP contribution in [0.4, 0.5) is 35.4 Å². The van der Waals surface area contributed by atoms with Crippen LogP contribution in [0.25, 0.3) is 0 Å². The number of aryl methyl sites for hydroxylation is 1. The first-order valence-electron chi connectivity index (χ1n) is 11.8. The van der Waals surface area contributed by atoms with Gasteiger partial charge in [0.2, 0.25) is 5.95 Å². The molecule has 184 valence electrons. The van der Waals surface area contributed by atoms with Crippen molar-refractivity contribution in [3.63, 3.8) is 0 Å². The van der Waals surface area contributed by atoms with Crippen molar-refractivity contribution in [1.82, 2.24) is 15.3 Å². The molecule has 1 aromatic heterocycles. The Hall–Kier alpha value is -3.04. The van der Waals surface area contributed by atoms with E-state index in [1.807, 2.05) is 19.0 Å². The number of nitrogens with one attached hydrogen (secondary N) is 3. The van der Waals surface area contributed by atoms with Crippen LogP contribution in [0.1, 0.15) is 55.3 Å². The molecule has 0 aliphatic heterocycles. The van der Waals surface area contributed by atoms with Gasteiger partial charge in [-0.15, -0.1) is 0 Å². The highest BCUT2D eigenvalue weighted by molar-refractivity contribution is 5.89. The molecule has 2 aliphatic rings. The highest BCUT2D eigenvalue weighted by Crippen LogP contribution is 2.31. The Bertz CT molecular complexity index is 1020. The van der Waals surface area contributed by atoms with Gasteiger partial charge in [-0.1, -0.05) is 6.07 Å². The minimum Gasteiger partial charge on any atom is -0.362 e. The van der Waals surface area contributed by atoms with Crippen molar-refractivity contribution in [3.8, 4) is 0 Å². The second-order valence-corrected chi connectivity index (χ2v) is 9.27. The molecule has 10 heteroatoms. The van der Waals surface area contributed by atoms with E-state index in [-0.39, 0.29) is 17.8 Å². The predicted molar refractivity (Wildman–Crippen MR) is 126 cm³/mol. The highest BCUT2D eigenvalue weighted by Gasteiger charge is 2.30. The van der Waals surface area contributed by atoms with Gasteiger partial charge in [0.15, 0.2) is 0 Å². The summed E-state index contributed by atoms with van der Waals surface area (Å²) in [6, 6.07) is 4.30. The van der Waals surface area contributed by atoms with Crippen molar-refractivity contribution >= 4 is 23.5 Å². The van der Waals surface area contributed by atoms with Crippen LogP contribution in [0, 0.1) is 0 Å². The fourth-order valence-corrected chi connectivity index (χ4v) is 4.70. The number of benzene rings is 1. The molecule has 0 saturated heterocycles. The molecular weight excluding hydrogens is 445 g/mol. The van der Waals surface area contributed by atoms with Crippen LogP contribution >= 0.6 is 0 Å². The van der Waals surface area contributed by atoms with Crippen LogP contribution in [0.15, 0.2) is 24.3 Å². The lowest BCUT2D eigenvalue weighted by molar-refractivity contribution is -0.137. The molecule has 34 heavy (non-hydrogen) atoms. The molecule has 2 aromatic rings. The first kappa shape index (κ1) is 24.1. The van der Waals surface area contributed by atoms with Gasteiger partial charge in [-0.25, -0.2) is 9.78 Å². The Morgan fingerprint density at radius 1 is 1.03 bits per heavy atom. The molecule has 1 aromatic carbocycles. The monoisotopic (exact) mass is 476 g/mol. The van der Waals surface area contributed by atoms with E-state index in [1.165, 1.54) is 24.1 Å². The third-order valence-corrected chi connectivity index (χ3v) is 6.43. The van der Waals surface area contributed by atoms with Gasteiger partial charge in [0.25, 0.3) is 0 Å². The number of urea groups is 1. The van der Waals surface area contributed by atoms with Gasteiger partial charge in [0.05, 0.1) is 11.3 Å². The molecule has 2 aliphatic carbocycles. The summed E-state index contributed by atoms with van der Waals surface area (Å²) in [4.78, 5) is 23.9. The van der Waals surface area contributed by atoms with Crippen molar-refractivity contribution < 1.29 is 18.0 Å². The summed E-state index contributed by atoms with van der Waals surface area (Å²) in [6.07, 6.45) is 3.07. The molecule has 0 radical (unpaired) electrons. The maximum Gasteiger partial charge on any atom is 0.416 e. The molecule has 0 unspecified atom stereocenters. The maximum atomic E-state index is 12.9. The molecular formula is C24H31F3N6O. The van der Waals surface area contributed by atoms with E-state index >= 15 is 0 Å². The van der Waals surface area contributed by atoms with Gasteiger partial charge >= 0.3 is 12.2 Å². The van der Waals surface area contributed by atoms with Crippen molar-refractivity contribution in [3.05, 3.63) is 41.1 Å². The molecule has 1 saturated carbocycles. The minimum absolute atomic E-state index is 0.0364. The van der Waals surface area contributed by atoms with Crippen LogP contribution in [-0.2, 0) is 19.0 Å². The van der Waals surface area contributed by atoms with Crippen molar-refractivity contribution in [2.75, 3.05) is 29.6 Å². The Kier molecular flexibility index (Phi) is 7.13. The third-order valence-electron chi connectivity index (χ3n) is 6.43. The number of halogens is 3. The zero-order valence-corrected chi connectivity index (χ0v) is 19.5. The number of hydrogen-bond donors (Lipinski definition) is 3. The van der Waals surface area contributed by atoms with Crippen molar-refractivity contribution in [1.29, 1.82) is 0 Å². The Balaban J connectivity index is 1.29. The van der Waals surface area contributed by atoms with E-state index in [4.69, 9.17) is 9.97 Å². The van der Waals surface area contributed by atoms with E-state index < -0.39 is 17.8 Å². The molecule has 4 rings (SSSR count). The second-order valence-electron chi connectivity index (χ2n) is 9.27. The fraction of sp³-hybridized carbons (Fsp3) is 0.542. The van der Waals surface area contributed by atoms with Crippen LogP contribution < -0.4 is 20.9 Å². The number of nitrogens with zero attached hydrogens (tertiary/aromatic N) is 3. The van der Waals surface area contributed by atoms with E-state index in [9.17, 15) is 18.0 Å². The SMILES string of the molecule is CN(C)c1nc(N[C@H]2CC[C@@H](NC(=O)Nc3cccc(C(F)(F)F)c3)CC2)nc2c1CCCC2. The number of carbonyl (C=O) groups excluding carboxylic acids is 1. The molecule has 0 spiro atoms. The average Bonchev–Trinajstić information content (AvgIpc) is 2.79. The Morgan fingerprint density at radius 2 is 1.74 bits per heavy atom. The normalized spacial score (nSPS) is 20.3. The van der Waals surface area contributed by atoms with Gasteiger partial charge in [-0.3, -0.25) is 0 Å². The zero-order valence-electron chi connectivity index (χ0n) is 19.5. The largest absolute Gasteiger partial charge is 0.416 e. The summed E-state index contributed by atoms with van der Waals surface area (Å²) in [6.45, 7) is 0. The number of rotatable bonds is 5. The summed E-state index contributed by atoms with van der Waals surface area (Å²) in [5.74, 6) is 1.64. The fourth-order valence-electron chi connectivity index (χ4n) is 4.70. The van der Waals surface area contributed by atoms with E-state index in [0.29, 0.717) is 5.95 Å². The number of fused-ring (bicyclic) bond motifs is 1. The number of carbonyl (C=O) groups is 1. The average molecular weight is 477 g/mol.